The quantitative estimate of drug-likeness (QED) is 0.755. The van der Waals surface area contributed by atoms with Crippen LogP contribution in [-0.4, -0.2) is 4.98 Å². The molecule has 0 aromatic carbocycles. The third-order valence-corrected chi connectivity index (χ3v) is 3.21. The lowest BCUT2D eigenvalue weighted by Crippen LogP contribution is -1.93. The molecule has 0 fully saturated rings. The topological polar surface area (TPSA) is 12.9 Å². The smallest absolute Gasteiger partial charge is 0.0706 e. The Morgan fingerprint density at radius 3 is 2.77 bits per heavy atom. The van der Waals surface area contributed by atoms with Crippen molar-refractivity contribution in [3.05, 3.63) is 39.2 Å². The maximum absolute atomic E-state index is 4.30. The van der Waals surface area contributed by atoms with Gasteiger partial charge in [-0.1, -0.05) is 18.7 Å². The molecule has 1 heterocycles. The molecule has 0 unspecified atom stereocenters. The third-order valence-electron chi connectivity index (χ3n) is 1.78. The highest BCUT2D eigenvalue weighted by Gasteiger charge is 2.04. The van der Waals surface area contributed by atoms with Crippen LogP contribution in [0.3, 0.4) is 0 Å². The number of pyridine rings is 1. The van der Waals surface area contributed by atoms with Crippen LogP contribution in [0, 0.1) is 10.5 Å². The molecule has 1 aromatic heterocycles. The first-order chi connectivity index (χ1) is 6.20. The highest BCUT2D eigenvalue weighted by atomic mass is 127. The first-order valence-corrected chi connectivity index (χ1v) is 5.18. The lowest BCUT2D eigenvalue weighted by Gasteiger charge is -2.05. The first-order valence-electron chi connectivity index (χ1n) is 4.11. The Balaban J connectivity index is 3.40. The number of hydrogen-bond donors (Lipinski definition) is 0. The van der Waals surface area contributed by atoms with Crippen molar-refractivity contribution in [1.82, 2.24) is 4.98 Å². The van der Waals surface area contributed by atoms with Gasteiger partial charge in [-0.15, -0.1) is 0 Å². The molecule has 1 nitrogen and oxygen atoms in total. The van der Waals surface area contributed by atoms with Crippen molar-refractivity contribution in [2.45, 2.75) is 13.8 Å². The molecule has 0 saturated heterocycles. The summed E-state index contributed by atoms with van der Waals surface area (Å²) in [5, 5.41) is 0. The van der Waals surface area contributed by atoms with E-state index in [1.165, 1.54) is 9.13 Å². The number of nitrogens with zero attached hydrogens (tertiary/aromatic N) is 1. The van der Waals surface area contributed by atoms with Gasteiger partial charge in [0, 0.05) is 15.3 Å². The Labute approximate surface area is 92.7 Å². The second kappa shape index (κ2) is 4.56. The van der Waals surface area contributed by atoms with Crippen LogP contribution in [0.25, 0.3) is 12.2 Å². The molecule has 0 atom stereocenters. The minimum absolute atomic E-state index is 0.952. The number of halogens is 1. The molecule has 0 aliphatic carbocycles. The van der Waals surface area contributed by atoms with Crippen LogP contribution in [0.4, 0.5) is 0 Å². The summed E-state index contributed by atoms with van der Waals surface area (Å²) >= 11 is 2.34. The van der Waals surface area contributed by atoms with Gasteiger partial charge in [0.2, 0.25) is 0 Å². The fourth-order valence-corrected chi connectivity index (χ4v) is 1.70. The molecule has 1 rings (SSSR count). The minimum Gasteiger partial charge on any atom is -0.256 e. The van der Waals surface area contributed by atoms with E-state index in [0.29, 0.717) is 0 Å². The molecule has 68 valence electrons. The Bertz CT molecular complexity index is 353. The molecule has 1 aromatic rings. The SMILES string of the molecule is C=Cc1ncc(C)c(I)c1/C=C\C. The summed E-state index contributed by atoms with van der Waals surface area (Å²) in [7, 11) is 0. The van der Waals surface area contributed by atoms with Crippen molar-refractivity contribution >= 4 is 34.7 Å². The zero-order valence-electron chi connectivity index (χ0n) is 7.84. The second-order valence-corrected chi connectivity index (χ2v) is 3.84. The van der Waals surface area contributed by atoms with Crippen molar-refractivity contribution in [2.75, 3.05) is 0 Å². The molecule has 0 amide bonds. The lowest BCUT2D eigenvalue weighted by atomic mass is 10.1. The lowest BCUT2D eigenvalue weighted by molar-refractivity contribution is 1.21. The van der Waals surface area contributed by atoms with Gasteiger partial charge in [-0.05, 0) is 48.1 Å². The standard InChI is InChI=1S/C11H12IN/c1-4-6-9-10(5-2)13-7-8(3)11(9)12/h4-7H,2H2,1,3H3/b6-4-. The summed E-state index contributed by atoms with van der Waals surface area (Å²) in [4.78, 5) is 4.30. The van der Waals surface area contributed by atoms with Gasteiger partial charge >= 0.3 is 0 Å². The van der Waals surface area contributed by atoms with Gasteiger partial charge in [0.25, 0.3) is 0 Å². The van der Waals surface area contributed by atoms with E-state index in [1.54, 1.807) is 6.08 Å². The molecule has 2 heteroatoms. The molecule has 0 bridgehead atoms. The Morgan fingerprint density at radius 1 is 1.54 bits per heavy atom. The maximum atomic E-state index is 4.30. The van der Waals surface area contributed by atoms with E-state index in [1.807, 2.05) is 19.2 Å². The van der Waals surface area contributed by atoms with E-state index >= 15 is 0 Å². The summed E-state index contributed by atoms with van der Waals surface area (Å²) < 4.78 is 1.25. The average molecular weight is 285 g/mol. The number of rotatable bonds is 2. The van der Waals surface area contributed by atoms with E-state index in [9.17, 15) is 0 Å². The Kier molecular flexibility index (Phi) is 3.66. The highest BCUT2D eigenvalue weighted by molar-refractivity contribution is 14.1. The van der Waals surface area contributed by atoms with Crippen molar-refractivity contribution in [2.24, 2.45) is 0 Å². The molecule has 13 heavy (non-hydrogen) atoms. The van der Waals surface area contributed by atoms with Crippen molar-refractivity contribution in [3.8, 4) is 0 Å². The molecule has 0 spiro atoms. The average Bonchev–Trinajstić information content (AvgIpc) is 2.14. The van der Waals surface area contributed by atoms with E-state index in [-0.39, 0.29) is 0 Å². The van der Waals surface area contributed by atoms with Crippen LogP contribution in [0.2, 0.25) is 0 Å². The van der Waals surface area contributed by atoms with Gasteiger partial charge in [0.1, 0.15) is 0 Å². The molecule has 0 aliphatic rings. The minimum atomic E-state index is 0.952. The molecule has 0 radical (unpaired) electrons. The summed E-state index contributed by atoms with van der Waals surface area (Å²) in [6.45, 7) is 7.81. The number of aromatic nitrogens is 1. The molecule has 0 aliphatic heterocycles. The molecular formula is C11H12IN. The van der Waals surface area contributed by atoms with Gasteiger partial charge in [0.15, 0.2) is 0 Å². The van der Waals surface area contributed by atoms with Crippen LogP contribution >= 0.6 is 22.6 Å². The van der Waals surface area contributed by atoms with Crippen LogP contribution in [0.15, 0.2) is 18.9 Å². The van der Waals surface area contributed by atoms with E-state index < -0.39 is 0 Å². The molecular weight excluding hydrogens is 273 g/mol. The summed E-state index contributed by atoms with van der Waals surface area (Å²) in [5.74, 6) is 0. The summed E-state index contributed by atoms with van der Waals surface area (Å²) in [6, 6.07) is 0. The van der Waals surface area contributed by atoms with Gasteiger partial charge < -0.3 is 0 Å². The number of aryl methyl sites for hydroxylation is 1. The first kappa shape index (κ1) is 10.4. The van der Waals surface area contributed by atoms with E-state index in [4.69, 9.17) is 0 Å². The predicted octanol–water partition coefficient (Wildman–Crippen LogP) is 3.67. The van der Waals surface area contributed by atoms with Crippen molar-refractivity contribution < 1.29 is 0 Å². The van der Waals surface area contributed by atoms with Crippen LogP contribution in [-0.2, 0) is 0 Å². The second-order valence-electron chi connectivity index (χ2n) is 2.76. The Hall–Kier alpha value is -0.640. The predicted molar refractivity (Wildman–Crippen MR) is 66.5 cm³/mol. The van der Waals surface area contributed by atoms with Gasteiger partial charge in [0.05, 0.1) is 5.69 Å². The Morgan fingerprint density at radius 2 is 2.23 bits per heavy atom. The van der Waals surface area contributed by atoms with Crippen LogP contribution in [0.5, 0.6) is 0 Å². The fourth-order valence-electron chi connectivity index (χ4n) is 1.11. The summed E-state index contributed by atoms with van der Waals surface area (Å²) in [6.07, 6.45) is 7.76. The number of allylic oxidation sites excluding steroid dienone is 1. The largest absolute Gasteiger partial charge is 0.256 e. The monoisotopic (exact) mass is 285 g/mol. The van der Waals surface area contributed by atoms with Crippen LogP contribution in [0.1, 0.15) is 23.7 Å². The zero-order chi connectivity index (χ0) is 9.84. The van der Waals surface area contributed by atoms with E-state index in [2.05, 4.69) is 47.2 Å². The van der Waals surface area contributed by atoms with Crippen LogP contribution < -0.4 is 0 Å². The normalized spacial score (nSPS) is 10.7. The molecule has 0 saturated carbocycles. The van der Waals surface area contributed by atoms with Crippen molar-refractivity contribution in [3.63, 3.8) is 0 Å². The zero-order valence-corrected chi connectivity index (χ0v) is 10.00. The highest BCUT2D eigenvalue weighted by Crippen LogP contribution is 2.21. The van der Waals surface area contributed by atoms with Gasteiger partial charge in [-0.25, -0.2) is 0 Å². The third kappa shape index (κ3) is 2.18. The van der Waals surface area contributed by atoms with E-state index in [0.717, 1.165) is 11.3 Å². The molecule has 0 N–H and O–H groups in total. The van der Waals surface area contributed by atoms with Gasteiger partial charge in [-0.3, -0.25) is 4.98 Å². The van der Waals surface area contributed by atoms with Crippen molar-refractivity contribution in [1.29, 1.82) is 0 Å². The number of hydrogen-bond acceptors (Lipinski definition) is 1. The summed E-state index contributed by atoms with van der Waals surface area (Å²) in [5.41, 5.74) is 3.32. The maximum Gasteiger partial charge on any atom is 0.0706 e. The fraction of sp³-hybridized carbons (Fsp3) is 0.182. The van der Waals surface area contributed by atoms with Gasteiger partial charge in [-0.2, -0.15) is 0 Å².